The number of hydrogen-bond donors (Lipinski definition) is 0. The summed E-state index contributed by atoms with van der Waals surface area (Å²) in [6, 6.07) is 24.6. The number of benzene rings is 2. The number of hydrogen-bond acceptors (Lipinski definition) is 4. The minimum atomic E-state index is 0.0710. The van der Waals surface area contributed by atoms with Crippen molar-refractivity contribution in [3.05, 3.63) is 119 Å². The van der Waals surface area contributed by atoms with Crippen molar-refractivity contribution < 1.29 is 9.59 Å². The van der Waals surface area contributed by atoms with E-state index in [1.165, 1.54) is 11.1 Å². The maximum absolute atomic E-state index is 12.3. The van der Waals surface area contributed by atoms with Gasteiger partial charge < -0.3 is 18.6 Å². The predicted molar refractivity (Wildman–Crippen MR) is 185 cm³/mol. The van der Waals surface area contributed by atoms with Gasteiger partial charge in [0.15, 0.2) is 0 Å². The van der Waals surface area contributed by atoms with Crippen LogP contribution in [0, 0.1) is 27.7 Å². The Balaban J connectivity index is 0.000000181. The Bertz CT molecular complexity index is 1870. The van der Waals surface area contributed by atoms with Gasteiger partial charge in [0.2, 0.25) is 11.8 Å². The Morgan fingerprint density at radius 2 is 0.848 bits per heavy atom. The first-order valence-electron chi connectivity index (χ1n) is 15.4. The highest BCUT2D eigenvalue weighted by molar-refractivity contribution is 5.82. The molecular weight excluding hydrogens is 572 g/mol. The molecule has 6 aromatic rings. The zero-order valence-electron chi connectivity index (χ0n) is 28.0. The van der Waals surface area contributed by atoms with E-state index in [9.17, 15) is 9.59 Å². The summed E-state index contributed by atoms with van der Waals surface area (Å²) >= 11 is 0. The topological polar surface area (TPSA) is 75.2 Å². The number of carbonyl (C=O) groups excluding carboxylic acids is 2. The molecule has 0 atom stereocenters. The Hall–Kier alpha value is -5.24. The first kappa shape index (κ1) is 32.2. The van der Waals surface area contributed by atoms with E-state index < -0.39 is 0 Å². The number of nitrogens with zero attached hydrogens (tertiary/aromatic N) is 6. The molecule has 8 heteroatoms. The van der Waals surface area contributed by atoms with Crippen LogP contribution in [0.2, 0.25) is 0 Å². The summed E-state index contributed by atoms with van der Waals surface area (Å²) in [5.74, 6) is 0.142. The minimum Gasteiger partial charge on any atom is -0.348 e. The van der Waals surface area contributed by atoms with Crippen LogP contribution < -0.4 is 0 Å². The lowest BCUT2D eigenvalue weighted by molar-refractivity contribution is -0.128. The van der Waals surface area contributed by atoms with E-state index in [-0.39, 0.29) is 11.8 Å². The molecule has 46 heavy (non-hydrogen) atoms. The molecule has 0 aliphatic rings. The lowest BCUT2D eigenvalue weighted by Crippen LogP contribution is -2.24. The van der Waals surface area contributed by atoms with Gasteiger partial charge >= 0.3 is 0 Å². The van der Waals surface area contributed by atoms with Crippen molar-refractivity contribution in [3.63, 3.8) is 0 Å². The Kier molecular flexibility index (Phi) is 9.37. The van der Waals surface area contributed by atoms with E-state index in [4.69, 9.17) is 9.97 Å². The summed E-state index contributed by atoms with van der Waals surface area (Å²) in [6.07, 6.45) is 4.75. The fourth-order valence-electron chi connectivity index (χ4n) is 5.22. The third-order valence-electron chi connectivity index (χ3n) is 8.02. The first-order valence-corrected chi connectivity index (χ1v) is 15.4. The molecule has 0 N–H and O–H groups in total. The van der Waals surface area contributed by atoms with E-state index in [1.54, 1.807) is 38.0 Å². The summed E-state index contributed by atoms with van der Waals surface area (Å²) in [5, 5.41) is 0. The Labute approximate surface area is 271 Å². The van der Waals surface area contributed by atoms with Crippen LogP contribution in [0.15, 0.2) is 85.2 Å². The van der Waals surface area contributed by atoms with Crippen molar-refractivity contribution in [2.75, 3.05) is 28.2 Å². The van der Waals surface area contributed by atoms with Crippen molar-refractivity contribution in [2.24, 2.45) is 0 Å². The van der Waals surface area contributed by atoms with Gasteiger partial charge in [0.05, 0.1) is 35.6 Å². The first-order chi connectivity index (χ1) is 21.9. The molecule has 0 fully saturated rings. The van der Waals surface area contributed by atoms with Gasteiger partial charge in [-0.25, -0.2) is 9.97 Å². The van der Waals surface area contributed by atoms with E-state index in [0.29, 0.717) is 12.8 Å². The molecule has 0 saturated heterocycles. The third-order valence-corrected chi connectivity index (χ3v) is 8.02. The van der Waals surface area contributed by atoms with E-state index >= 15 is 0 Å². The number of rotatable bonds is 6. The van der Waals surface area contributed by atoms with Gasteiger partial charge in [-0.05, 0) is 51.0 Å². The molecule has 2 aromatic carbocycles. The molecule has 6 rings (SSSR count). The summed E-state index contributed by atoms with van der Waals surface area (Å²) in [5.41, 5.74) is 12.2. The summed E-state index contributed by atoms with van der Waals surface area (Å²) in [4.78, 5) is 37.3. The van der Waals surface area contributed by atoms with Crippen LogP contribution in [-0.4, -0.2) is 68.6 Å². The highest BCUT2D eigenvalue weighted by Crippen LogP contribution is 2.27. The molecule has 0 spiro atoms. The fourth-order valence-corrected chi connectivity index (χ4v) is 5.22. The second kappa shape index (κ2) is 13.4. The molecule has 236 valence electrons. The van der Waals surface area contributed by atoms with Crippen molar-refractivity contribution in [2.45, 2.75) is 40.5 Å². The monoisotopic (exact) mass is 614 g/mol. The lowest BCUT2D eigenvalue weighted by atomic mass is 10.1. The molecule has 0 bridgehead atoms. The number of amides is 2. The standard InChI is InChI=1S/2C19H21N3O/c2*1-13-5-8-15(9-6-13)19-16(11-18(23)21(3)4)22-12-14(2)7-10-17(22)20-19/h2*5-10,12H,11H2,1-4H3. The number of aromatic nitrogens is 4. The molecule has 0 aliphatic heterocycles. The second-order valence-corrected chi connectivity index (χ2v) is 12.3. The van der Waals surface area contributed by atoms with Crippen LogP contribution in [-0.2, 0) is 22.4 Å². The summed E-state index contributed by atoms with van der Waals surface area (Å²) in [6.45, 7) is 8.21. The van der Waals surface area contributed by atoms with Gasteiger partial charge in [0, 0.05) is 51.7 Å². The van der Waals surface area contributed by atoms with Crippen molar-refractivity contribution in [1.82, 2.24) is 28.6 Å². The molecule has 8 nitrogen and oxygen atoms in total. The number of imidazole rings is 2. The zero-order chi connectivity index (χ0) is 33.1. The molecule has 0 radical (unpaired) electrons. The average molecular weight is 615 g/mol. The smallest absolute Gasteiger partial charge is 0.228 e. The van der Waals surface area contributed by atoms with Crippen molar-refractivity contribution >= 4 is 23.1 Å². The molecule has 4 aromatic heterocycles. The molecular formula is C38H42N6O2. The summed E-state index contributed by atoms with van der Waals surface area (Å²) in [7, 11) is 7.12. The molecule has 0 saturated carbocycles. The predicted octanol–water partition coefficient (Wildman–Crippen LogP) is 6.50. The quantitative estimate of drug-likeness (QED) is 0.215. The molecule has 0 unspecified atom stereocenters. The fraction of sp³-hybridized carbons (Fsp3) is 0.263. The van der Waals surface area contributed by atoms with Gasteiger partial charge in [-0.15, -0.1) is 0 Å². The Morgan fingerprint density at radius 3 is 1.17 bits per heavy atom. The van der Waals surface area contributed by atoms with Gasteiger partial charge in [-0.2, -0.15) is 0 Å². The van der Waals surface area contributed by atoms with E-state index in [1.807, 2.05) is 59.3 Å². The number of likely N-dealkylation sites (N-methyl/N-ethyl adjacent to an activating group) is 2. The zero-order valence-corrected chi connectivity index (χ0v) is 28.0. The van der Waals surface area contributed by atoms with Crippen LogP contribution in [0.1, 0.15) is 33.6 Å². The van der Waals surface area contributed by atoms with Crippen LogP contribution in [0.3, 0.4) is 0 Å². The van der Waals surface area contributed by atoms with Gasteiger partial charge in [0.25, 0.3) is 0 Å². The Morgan fingerprint density at radius 1 is 0.522 bits per heavy atom. The lowest BCUT2D eigenvalue weighted by Gasteiger charge is -2.11. The molecule has 0 aliphatic carbocycles. The summed E-state index contributed by atoms with van der Waals surface area (Å²) < 4.78 is 4.07. The maximum Gasteiger partial charge on any atom is 0.228 e. The third kappa shape index (κ3) is 7.01. The number of pyridine rings is 2. The van der Waals surface area contributed by atoms with Crippen LogP contribution in [0.4, 0.5) is 0 Å². The molecule has 2 amide bonds. The largest absolute Gasteiger partial charge is 0.348 e. The van der Waals surface area contributed by atoms with Crippen LogP contribution in [0.5, 0.6) is 0 Å². The normalized spacial score (nSPS) is 11.0. The van der Waals surface area contributed by atoms with E-state index in [0.717, 1.165) is 56.3 Å². The minimum absolute atomic E-state index is 0.0710. The number of carbonyl (C=O) groups is 2. The van der Waals surface area contributed by atoms with Gasteiger partial charge in [-0.3, -0.25) is 9.59 Å². The second-order valence-electron chi connectivity index (χ2n) is 12.3. The average Bonchev–Trinajstić information content (AvgIpc) is 3.55. The van der Waals surface area contributed by atoms with Crippen LogP contribution in [0.25, 0.3) is 33.8 Å². The van der Waals surface area contributed by atoms with Crippen LogP contribution >= 0.6 is 0 Å². The highest BCUT2D eigenvalue weighted by Gasteiger charge is 2.19. The maximum atomic E-state index is 12.3. The number of aryl methyl sites for hydroxylation is 4. The van der Waals surface area contributed by atoms with Crippen molar-refractivity contribution in [1.29, 1.82) is 0 Å². The highest BCUT2D eigenvalue weighted by atomic mass is 16.2. The van der Waals surface area contributed by atoms with E-state index in [2.05, 4.69) is 62.4 Å². The number of fused-ring (bicyclic) bond motifs is 2. The van der Waals surface area contributed by atoms with Crippen molar-refractivity contribution in [3.8, 4) is 22.5 Å². The SMILES string of the molecule is Cc1ccc(-c2nc3ccc(C)cn3c2CC(=O)N(C)C)cc1.Cc1ccc(-c2nc3ccc(C)cn3c2CC(=O)N(C)C)cc1. The molecule has 4 heterocycles. The van der Waals surface area contributed by atoms with Gasteiger partial charge in [0.1, 0.15) is 11.3 Å². The van der Waals surface area contributed by atoms with Gasteiger partial charge in [-0.1, -0.05) is 71.8 Å².